The summed E-state index contributed by atoms with van der Waals surface area (Å²) in [5, 5.41) is 13.3. The van der Waals surface area contributed by atoms with Crippen molar-refractivity contribution in [3.8, 4) is 0 Å². The second-order valence-corrected chi connectivity index (χ2v) is 6.78. The van der Waals surface area contributed by atoms with Gasteiger partial charge in [0.25, 0.3) is 0 Å². The fraction of sp³-hybridized carbons (Fsp3) is 0.400. The zero-order valence-corrected chi connectivity index (χ0v) is 13.5. The molecule has 23 heavy (non-hydrogen) atoms. The van der Waals surface area contributed by atoms with Crippen LogP contribution in [0.1, 0.15) is 18.4 Å². The molecule has 1 aromatic carbocycles. The standard InChI is InChI=1S/C15H18N4O3S/c1-9-3-2-4-10-11(9)17-13(23-10)18-14(21)19-7-5-15(22,6-8-19)12(16)20/h2-4,22H,5-8H2,1H3,(H2,16,20)(H,17,18,21). The summed E-state index contributed by atoms with van der Waals surface area (Å²) in [7, 11) is 0. The summed E-state index contributed by atoms with van der Waals surface area (Å²) in [6, 6.07) is 5.61. The lowest BCUT2D eigenvalue weighted by atomic mass is 9.91. The maximum absolute atomic E-state index is 12.3. The number of nitrogens with one attached hydrogen (secondary N) is 1. The van der Waals surface area contributed by atoms with Gasteiger partial charge in [-0.05, 0) is 18.6 Å². The van der Waals surface area contributed by atoms with E-state index in [9.17, 15) is 14.7 Å². The molecule has 0 atom stereocenters. The molecule has 1 saturated heterocycles. The fourth-order valence-corrected chi connectivity index (χ4v) is 3.57. The Morgan fingerprint density at radius 1 is 1.39 bits per heavy atom. The number of thiazole rings is 1. The summed E-state index contributed by atoms with van der Waals surface area (Å²) in [5.74, 6) is -0.737. The maximum atomic E-state index is 12.3. The first-order valence-corrected chi connectivity index (χ1v) is 8.15. The van der Waals surface area contributed by atoms with Gasteiger partial charge in [-0.3, -0.25) is 10.1 Å². The first-order chi connectivity index (χ1) is 10.9. The van der Waals surface area contributed by atoms with Gasteiger partial charge in [0.2, 0.25) is 5.91 Å². The van der Waals surface area contributed by atoms with Crippen LogP contribution in [0.4, 0.5) is 9.93 Å². The summed E-state index contributed by atoms with van der Waals surface area (Å²) < 4.78 is 1.02. The van der Waals surface area contributed by atoms with Gasteiger partial charge in [-0.25, -0.2) is 9.78 Å². The van der Waals surface area contributed by atoms with Crippen LogP contribution in [0, 0.1) is 6.92 Å². The van der Waals surface area contributed by atoms with Gasteiger partial charge in [0.05, 0.1) is 10.2 Å². The molecule has 1 aliphatic heterocycles. The monoisotopic (exact) mass is 334 g/mol. The number of para-hydroxylation sites is 1. The average molecular weight is 334 g/mol. The number of aryl methyl sites for hydroxylation is 1. The first-order valence-electron chi connectivity index (χ1n) is 7.33. The number of nitrogens with zero attached hydrogens (tertiary/aromatic N) is 2. The van der Waals surface area contributed by atoms with Gasteiger partial charge >= 0.3 is 6.03 Å². The highest BCUT2D eigenvalue weighted by molar-refractivity contribution is 7.22. The van der Waals surface area contributed by atoms with Crippen LogP contribution in [0.3, 0.4) is 0 Å². The summed E-state index contributed by atoms with van der Waals surface area (Å²) in [6.45, 7) is 2.52. The zero-order valence-electron chi connectivity index (χ0n) is 12.7. The predicted molar refractivity (Wildman–Crippen MR) is 88.3 cm³/mol. The molecule has 122 valence electrons. The number of rotatable bonds is 2. The van der Waals surface area contributed by atoms with E-state index in [2.05, 4.69) is 10.3 Å². The Hall–Kier alpha value is -2.19. The van der Waals surface area contributed by atoms with E-state index in [-0.39, 0.29) is 32.0 Å². The molecule has 0 aliphatic carbocycles. The number of amides is 3. The lowest BCUT2D eigenvalue weighted by Gasteiger charge is -2.35. The minimum Gasteiger partial charge on any atom is -0.380 e. The summed E-state index contributed by atoms with van der Waals surface area (Å²) in [6.07, 6.45) is 0.295. The van der Waals surface area contributed by atoms with Crippen LogP contribution < -0.4 is 11.1 Å². The van der Waals surface area contributed by atoms with Crippen molar-refractivity contribution in [2.24, 2.45) is 5.73 Å². The normalized spacial score (nSPS) is 17.2. The molecule has 0 spiro atoms. The van der Waals surface area contributed by atoms with E-state index in [0.29, 0.717) is 5.13 Å². The molecule has 2 aromatic rings. The number of hydrogen-bond donors (Lipinski definition) is 3. The number of hydrogen-bond acceptors (Lipinski definition) is 5. The lowest BCUT2D eigenvalue weighted by molar-refractivity contribution is -0.140. The van der Waals surface area contributed by atoms with Crippen molar-refractivity contribution in [3.63, 3.8) is 0 Å². The molecule has 3 amide bonds. The van der Waals surface area contributed by atoms with Gasteiger partial charge in [0.15, 0.2) is 5.13 Å². The van der Waals surface area contributed by atoms with Gasteiger partial charge in [0.1, 0.15) is 5.60 Å². The minimum atomic E-state index is -1.51. The van der Waals surface area contributed by atoms with Crippen LogP contribution in [0.5, 0.6) is 0 Å². The number of primary amides is 1. The minimum absolute atomic E-state index is 0.148. The van der Waals surface area contributed by atoms with E-state index < -0.39 is 11.5 Å². The first kappa shape index (κ1) is 15.7. The second kappa shape index (κ2) is 5.78. The molecule has 3 rings (SSSR count). The molecule has 0 bridgehead atoms. The Morgan fingerprint density at radius 3 is 2.70 bits per heavy atom. The maximum Gasteiger partial charge on any atom is 0.323 e. The van der Waals surface area contributed by atoms with Crippen molar-refractivity contribution in [1.82, 2.24) is 9.88 Å². The Kier molecular flexibility index (Phi) is 3.95. The summed E-state index contributed by atoms with van der Waals surface area (Å²) in [5.41, 5.74) is 5.62. The van der Waals surface area contributed by atoms with Crippen molar-refractivity contribution in [1.29, 1.82) is 0 Å². The topological polar surface area (TPSA) is 109 Å². The number of piperidine rings is 1. The highest BCUT2D eigenvalue weighted by Gasteiger charge is 2.38. The van der Waals surface area contributed by atoms with E-state index in [1.165, 1.54) is 11.3 Å². The fourth-order valence-electron chi connectivity index (χ4n) is 2.64. The largest absolute Gasteiger partial charge is 0.380 e. The van der Waals surface area contributed by atoms with Crippen molar-refractivity contribution in [2.45, 2.75) is 25.4 Å². The molecule has 0 radical (unpaired) electrons. The quantitative estimate of drug-likeness (QED) is 0.772. The van der Waals surface area contributed by atoms with Gasteiger partial charge in [-0.15, -0.1) is 0 Å². The number of urea groups is 1. The molecule has 8 heteroatoms. The van der Waals surface area contributed by atoms with Crippen LogP contribution in [-0.2, 0) is 4.79 Å². The summed E-state index contributed by atoms with van der Waals surface area (Å²) in [4.78, 5) is 29.5. The number of likely N-dealkylation sites (tertiary alicyclic amines) is 1. The molecule has 2 heterocycles. The third kappa shape index (κ3) is 2.99. The molecule has 0 unspecified atom stereocenters. The van der Waals surface area contributed by atoms with Crippen LogP contribution in [-0.4, -0.2) is 45.6 Å². The van der Waals surface area contributed by atoms with Crippen molar-refractivity contribution in [2.75, 3.05) is 18.4 Å². The van der Waals surface area contributed by atoms with Gasteiger partial charge < -0.3 is 15.7 Å². The number of aliphatic hydroxyl groups is 1. The second-order valence-electron chi connectivity index (χ2n) is 5.75. The zero-order chi connectivity index (χ0) is 16.6. The molecule has 1 aliphatic rings. The highest BCUT2D eigenvalue weighted by atomic mass is 32.1. The van der Waals surface area contributed by atoms with E-state index in [1.807, 2.05) is 25.1 Å². The Bertz CT molecular complexity index is 765. The van der Waals surface area contributed by atoms with Gasteiger partial charge in [-0.2, -0.15) is 0 Å². The molecule has 4 N–H and O–H groups in total. The third-order valence-electron chi connectivity index (χ3n) is 4.17. The van der Waals surface area contributed by atoms with Crippen molar-refractivity contribution in [3.05, 3.63) is 23.8 Å². The average Bonchev–Trinajstić information content (AvgIpc) is 2.91. The van der Waals surface area contributed by atoms with Crippen molar-refractivity contribution < 1.29 is 14.7 Å². The van der Waals surface area contributed by atoms with E-state index >= 15 is 0 Å². The van der Waals surface area contributed by atoms with E-state index in [4.69, 9.17) is 5.73 Å². The molecule has 0 saturated carbocycles. The van der Waals surface area contributed by atoms with Crippen LogP contribution in [0.15, 0.2) is 18.2 Å². The van der Waals surface area contributed by atoms with E-state index in [1.54, 1.807) is 4.90 Å². The van der Waals surface area contributed by atoms with Gasteiger partial charge in [-0.1, -0.05) is 23.5 Å². The molecular weight excluding hydrogens is 316 g/mol. The molecular formula is C15H18N4O3S. The molecule has 7 nitrogen and oxygen atoms in total. The summed E-state index contributed by atoms with van der Waals surface area (Å²) >= 11 is 1.42. The predicted octanol–water partition coefficient (Wildman–Crippen LogP) is 1.45. The third-order valence-corrected chi connectivity index (χ3v) is 5.11. The van der Waals surface area contributed by atoms with E-state index in [0.717, 1.165) is 15.8 Å². The number of carbonyl (C=O) groups excluding carboxylic acids is 2. The highest BCUT2D eigenvalue weighted by Crippen LogP contribution is 2.28. The smallest absolute Gasteiger partial charge is 0.323 e. The number of benzene rings is 1. The molecule has 1 fully saturated rings. The van der Waals surface area contributed by atoms with Crippen LogP contribution in [0.25, 0.3) is 10.2 Å². The van der Waals surface area contributed by atoms with Gasteiger partial charge in [0, 0.05) is 25.9 Å². The Morgan fingerprint density at radius 2 is 2.09 bits per heavy atom. The molecule has 1 aromatic heterocycles. The van der Waals surface area contributed by atoms with Crippen molar-refractivity contribution >= 4 is 38.6 Å². The Labute approximate surface area is 137 Å². The Balaban J connectivity index is 1.67. The van der Waals surface area contributed by atoms with Crippen LogP contribution >= 0.6 is 11.3 Å². The number of fused-ring (bicyclic) bond motifs is 1. The number of nitrogens with two attached hydrogens (primary N) is 1. The van der Waals surface area contributed by atoms with Crippen LogP contribution in [0.2, 0.25) is 0 Å². The SMILES string of the molecule is Cc1cccc2sc(NC(=O)N3CCC(O)(C(N)=O)CC3)nc12. The lowest BCUT2D eigenvalue weighted by Crippen LogP contribution is -2.54. The number of anilines is 1. The number of aromatic nitrogens is 1. The number of carbonyl (C=O) groups is 2.